The molecule has 0 atom stereocenters. The number of pyridine rings is 1. The summed E-state index contributed by atoms with van der Waals surface area (Å²) < 4.78 is 11.7. The van der Waals surface area contributed by atoms with Crippen LogP contribution in [0.3, 0.4) is 0 Å². The van der Waals surface area contributed by atoms with Gasteiger partial charge in [-0.1, -0.05) is 18.2 Å². The first kappa shape index (κ1) is 14.9. The van der Waals surface area contributed by atoms with Crippen molar-refractivity contribution in [3.8, 4) is 17.0 Å². The van der Waals surface area contributed by atoms with Crippen LogP contribution in [0.15, 0.2) is 54.6 Å². The Labute approximate surface area is 152 Å². The molecule has 0 aliphatic rings. The monoisotopic (exact) mass is 432 g/mol. The molecule has 0 saturated heterocycles. The van der Waals surface area contributed by atoms with Crippen molar-refractivity contribution in [2.75, 3.05) is 7.11 Å². The summed E-state index contributed by atoms with van der Waals surface area (Å²) in [5, 5.41) is 2.56. The summed E-state index contributed by atoms with van der Waals surface area (Å²) >= 11 is 4.19. The molecule has 4 aromatic rings. The van der Waals surface area contributed by atoms with Crippen molar-refractivity contribution in [3.05, 3.63) is 58.3 Å². The van der Waals surface area contributed by atoms with Crippen LogP contribution in [-0.4, -0.2) is 7.11 Å². The van der Waals surface area contributed by atoms with Crippen molar-refractivity contribution in [2.45, 2.75) is 0 Å². The van der Waals surface area contributed by atoms with Crippen LogP contribution in [-0.2, 0) is 7.05 Å². The van der Waals surface area contributed by atoms with Gasteiger partial charge in [-0.2, -0.15) is 4.57 Å². The number of thiophene rings is 1. The van der Waals surface area contributed by atoms with Crippen molar-refractivity contribution in [3.63, 3.8) is 0 Å². The second-order valence-electron chi connectivity index (χ2n) is 5.44. The van der Waals surface area contributed by atoms with Gasteiger partial charge in [0.25, 0.3) is 0 Å². The average molecular weight is 432 g/mol. The molecule has 23 heavy (non-hydrogen) atoms. The van der Waals surface area contributed by atoms with E-state index >= 15 is 0 Å². The third kappa shape index (κ3) is 2.40. The fourth-order valence-electron chi connectivity index (χ4n) is 2.95. The predicted molar refractivity (Wildman–Crippen MR) is 105 cm³/mol. The van der Waals surface area contributed by atoms with E-state index in [0.29, 0.717) is 0 Å². The maximum atomic E-state index is 5.71. The highest BCUT2D eigenvalue weighted by molar-refractivity contribution is 14.1. The van der Waals surface area contributed by atoms with Gasteiger partial charge in [-0.3, -0.25) is 0 Å². The first-order valence-corrected chi connectivity index (χ1v) is 9.23. The third-order valence-electron chi connectivity index (χ3n) is 4.14. The molecular formula is C19H15INOS+. The highest BCUT2D eigenvalue weighted by atomic mass is 127. The fourth-order valence-corrected chi connectivity index (χ4v) is 4.54. The molecule has 4 rings (SSSR count). The molecule has 114 valence electrons. The molecule has 2 aromatic carbocycles. The van der Waals surface area contributed by atoms with E-state index in [1.165, 1.54) is 23.9 Å². The van der Waals surface area contributed by atoms with Gasteiger partial charge in [0.15, 0.2) is 0 Å². The van der Waals surface area contributed by atoms with Gasteiger partial charge in [-0.05, 0) is 24.3 Å². The number of benzene rings is 2. The van der Waals surface area contributed by atoms with Crippen LogP contribution >= 0.6 is 33.9 Å². The lowest BCUT2D eigenvalue weighted by Crippen LogP contribution is -2.34. The number of hydrogen-bond donors (Lipinski definition) is 0. The Bertz CT molecular complexity index is 1040. The van der Waals surface area contributed by atoms with Crippen LogP contribution in [0.25, 0.3) is 31.4 Å². The Kier molecular flexibility index (Phi) is 3.73. The predicted octanol–water partition coefficient (Wildman–Crippen LogP) is 5.16. The van der Waals surface area contributed by atoms with Gasteiger partial charge in [0, 0.05) is 54.9 Å². The summed E-state index contributed by atoms with van der Waals surface area (Å²) in [5.41, 5.74) is 2.29. The highest BCUT2D eigenvalue weighted by Crippen LogP contribution is 2.40. The number of hydrogen-bond acceptors (Lipinski definition) is 2. The number of fused-ring (bicyclic) bond motifs is 3. The molecule has 0 fully saturated rings. The van der Waals surface area contributed by atoms with E-state index < -0.39 is 0 Å². The molecule has 0 amide bonds. The molecule has 0 bridgehead atoms. The number of rotatable bonds is 2. The Hall–Kier alpha value is -1.66. The van der Waals surface area contributed by atoms with Gasteiger partial charge in [-0.15, -0.1) is 11.3 Å². The molecule has 2 aromatic heterocycles. The average Bonchev–Trinajstić information content (AvgIpc) is 2.93. The Morgan fingerprint density at radius 3 is 2.61 bits per heavy atom. The molecule has 0 radical (unpaired) electrons. The molecule has 0 aliphatic heterocycles. The maximum Gasteiger partial charge on any atom is 0.241 e. The molecule has 0 N–H and O–H groups in total. The molecule has 0 aliphatic carbocycles. The van der Waals surface area contributed by atoms with Crippen molar-refractivity contribution in [1.29, 1.82) is 0 Å². The largest absolute Gasteiger partial charge is 0.496 e. The Morgan fingerprint density at radius 1 is 0.957 bits per heavy atom. The smallest absolute Gasteiger partial charge is 0.241 e. The molecular weight excluding hydrogens is 417 g/mol. The van der Waals surface area contributed by atoms with Crippen molar-refractivity contribution >= 4 is 54.1 Å². The minimum absolute atomic E-state index is 0.915. The molecule has 4 heteroatoms. The van der Waals surface area contributed by atoms with Crippen LogP contribution in [0.4, 0.5) is 0 Å². The van der Waals surface area contributed by atoms with Gasteiger partial charge >= 0.3 is 0 Å². The number of ether oxygens (including phenoxy) is 1. The lowest BCUT2D eigenvalue weighted by Gasteiger charge is -2.08. The normalized spacial score (nSPS) is 11.3. The second kappa shape index (κ2) is 5.76. The maximum absolute atomic E-state index is 5.71. The van der Waals surface area contributed by atoms with Gasteiger partial charge in [-0.25, -0.2) is 0 Å². The molecule has 0 spiro atoms. The summed E-state index contributed by atoms with van der Waals surface area (Å²) in [5.74, 6) is 0.915. The van der Waals surface area contributed by atoms with E-state index in [1.54, 1.807) is 7.11 Å². The molecule has 0 saturated carbocycles. The molecule has 2 nitrogen and oxygen atoms in total. The topological polar surface area (TPSA) is 13.1 Å². The van der Waals surface area contributed by atoms with Gasteiger partial charge in [0.05, 0.1) is 12.7 Å². The Balaban J connectivity index is 2.06. The standard InChI is InChI=1S/C19H15INOS/c1-21-15(7-5-9-19(21)20)14-11-18-13(10-16(14)22-2)12-6-3-4-8-17(12)23-18/h3-11H,1-2H3/q+1. The van der Waals surface area contributed by atoms with Crippen LogP contribution in [0.1, 0.15) is 0 Å². The van der Waals surface area contributed by atoms with Gasteiger partial charge in [0.1, 0.15) is 12.8 Å². The van der Waals surface area contributed by atoms with Crippen LogP contribution < -0.4 is 9.30 Å². The first-order chi connectivity index (χ1) is 11.2. The van der Waals surface area contributed by atoms with Crippen LogP contribution in [0, 0.1) is 3.70 Å². The van der Waals surface area contributed by atoms with E-state index in [1.807, 2.05) is 11.3 Å². The SMILES string of the molecule is COc1cc2c(cc1-c1cccc(I)[n+]1C)sc1ccccc12. The van der Waals surface area contributed by atoms with E-state index in [4.69, 9.17) is 4.74 Å². The second-order valence-corrected chi connectivity index (χ2v) is 7.63. The van der Waals surface area contributed by atoms with Crippen LogP contribution in [0.5, 0.6) is 5.75 Å². The number of halogens is 1. The lowest BCUT2D eigenvalue weighted by molar-refractivity contribution is -0.673. The zero-order chi connectivity index (χ0) is 16.0. The van der Waals surface area contributed by atoms with E-state index in [2.05, 4.69) is 88.8 Å². The number of methoxy groups -OCH3 is 1. The summed E-state index contributed by atoms with van der Waals surface area (Å²) in [6.45, 7) is 0. The quantitative estimate of drug-likeness (QED) is 0.242. The highest BCUT2D eigenvalue weighted by Gasteiger charge is 2.19. The summed E-state index contributed by atoms with van der Waals surface area (Å²) in [7, 11) is 3.83. The number of aromatic nitrogens is 1. The van der Waals surface area contributed by atoms with E-state index in [0.717, 1.165) is 17.0 Å². The van der Waals surface area contributed by atoms with Crippen molar-refractivity contribution in [1.82, 2.24) is 0 Å². The first-order valence-electron chi connectivity index (χ1n) is 7.33. The van der Waals surface area contributed by atoms with Crippen molar-refractivity contribution in [2.24, 2.45) is 7.05 Å². The number of nitrogens with zero attached hydrogens (tertiary/aromatic N) is 1. The lowest BCUT2D eigenvalue weighted by atomic mass is 10.1. The molecule has 0 unspecified atom stereocenters. The summed E-state index contributed by atoms with van der Waals surface area (Å²) in [4.78, 5) is 0. The van der Waals surface area contributed by atoms with Gasteiger partial charge < -0.3 is 4.74 Å². The zero-order valence-electron chi connectivity index (χ0n) is 12.8. The van der Waals surface area contributed by atoms with Crippen LogP contribution in [0.2, 0.25) is 0 Å². The van der Waals surface area contributed by atoms with Crippen molar-refractivity contribution < 1.29 is 9.30 Å². The summed E-state index contributed by atoms with van der Waals surface area (Å²) in [6.07, 6.45) is 0. The van der Waals surface area contributed by atoms with Gasteiger partial charge in [0.2, 0.25) is 9.39 Å². The Morgan fingerprint density at radius 2 is 1.78 bits per heavy atom. The fraction of sp³-hybridized carbons (Fsp3) is 0.105. The van der Waals surface area contributed by atoms with E-state index in [9.17, 15) is 0 Å². The minimum Gasteiger partial charge on any atom is -0.496 e. The molecule has 2 heterocycles. The summed E-state index contributed by atoms with van der Waals surface area (Å²) in [6, 6.07) is 19.3. The minimum atomic E-state index is 0.915. The van der Waals surface area contributed by atoms with E-state index in [-0.39, 0.29) is 0 Å². The zero-order valence-corrected chi connectivity index (χ0v) is 15.8. The third-order valence-corrected chi connectivity index (χ3v) is 6.36.